The lowest BCUT2D eigenvalue weighted by molar-refractivity contribution is -0.245. The molecule has 0 saturated carbocycles. The molecule has 1 aliphatic rings. The first kappa shape index (κ1) is 39.2. The molecule has 7 rings (SSSR count). The third-order valence-corrected chi connectivity index (χ3v) is 10.5. The lowest BCUT2D eigenvalue weighted by Crippen LogP contribution is -2.47. The minimum atomic E-state index is -0.837. The second kappa shape index (κ2) is 18.7. The Balaban J connectivity index is 1.05. The quantitative estimate of drug-likeness (QED) is 0.0707. The van der Waals surface area contributed by atoms with Gasteiger partial charge in [0.2, 0.25) is 5.16 Å². The van der Waals surface area contributed by atoms with Crippen molar-refractivity contribution in [3.63, 3.8) is 0 Å². The van der Waals surface area contributed by atoms with Crippen LogP contribution in [-0.4, -0.2) is 67.4 Å². The molecule has 4 N–H and O–H groups in total. The minimum absolute atomic E-state index is 0.0472. The summed E-state index contributed by atoms with van der Waals surface area (Å²) in [5.41, 5.74) is 6.99. The molecule has 0 spiro atoms. The summed E-state index contributed by atoms with van der Waals surface area (Å²) < 4.78 is 19.8. The van der Waals surface area contributed by atoms with Crippen LogP contribution in [0.1, 0.15) is 46.6 Å². The highest BCUT2D eigenvalue weighted by Gasteiger charge is 2.33. The van der Waals surface area contributed by atoms with E-state index in [-0.39, 0.29) is 31.1 Å². The zero-order valence-electron chi connectivity index (χ0n) is 31.1. The maximum Gasteiger partial charge on any atom is 0.328 e. The van der Waals surface area contributed by atoms with E-state index in [4.69, 9.17) is 14.2 Å². The summed E-state index contributed by atoms with van der Waals surface area (Å²) >= 11 is 1.47. The Hall–Kier alpha value is -6.06. The summed E-state index contributed by atoms with van der Waals surface area (Å²) in [4.78, 5) is 25.4. The number of nitrogens with zero attached hydrogens (tertiary/aromatic N) is 4. The Kier molecular flexibility index (Phi) is 12.9. The van der Waals surface area contributed by atoms with E-state index < -0.39 is 24.3 Å². The van der Waals surface area contributed by atoms with Gasteiger partial charge in [-0.15, -0.1) is 5.10 Å². The number of urea groups is 1. The van der Waals surface area contributed by atoms with Crippen molar-refractivity contribution in [2.75, 3.05) is 12.9 Å². The lowest BCUT2D eigenvalue weighted by Gasteiger charge is -2.36. The number of aliphatic hydroxyl groups is 1. The number of benzene rings is 5. The molecule has 0 bridgehead atoms. The molecule has 13 nitrogen and oxygen atoms in total. The highest BCUT2D eigenvalue weighted by atomic mass is 32.2. The molecule has 1 saturated heterocycles. The van der Waals surface area contributed by atoms with E-state index in [1.54, 1.807) is 28.9 Å². The molecule has 1 fully saturated rings. The topological polar surface area (TPSA) is 170 Å². The molecule has 5 aromatic carbocycles. The van der Waals surface area contributed by atoms with Crippen LogP contribution in [0.15, 0.2) is 133 Å². The van der Waals surface area contributed by atoms with Crippen molar-refractivity contribution >= 4 is 23.8 Å². The van der Waals surface area contributed by atoms with E-state index in [9.17, 15) is 19.8 Å². The average Bonchev–Trinajstić information content (AvgIpc) is 3.74. The van der Waals surface area contributed by atoms with Gasteiger partial charge < -0.3 is 35.1 Å². The number of aliphatic hydroxyl groups excluding tert-OH is 1. The van der Waals surface area contributed by atoms with Gasteiger partial charge in [0.1, 0.15) is 11.8 Å². The summed E-state index contributed by atoms with van der Waals surface area (Å²) in [5.74, 6) is 0.171. The number of aromatic nitrogens is 4. The fraction of sp³-hybridized carbons (Fsp3) is 0.233. The van der Waals surface area contributed by atoms with Crippen LogP contribution in [0.2, 0.25) is 0 Å². The van der Waals surface area contributed by atoms with Crippen LogP contribution in [0.5, 0.6) is 5.75 Å². The predicted molar refractivity (Wildman–Crippen MR) is 213 cm³/mol. The van der Waals surface area contributed by atoms with E-state index >= 15 is 0 Å². The molecular formula is C43H42N6O7S. The summed E-state index contributed by atoms with van der Waals surface area (Å²) in [6.07, 6.45) is -0.328. The molecule has 0 aliphatic carbocycles. The second-order valence-corrected chi connectivity index (χ2v) is 14.5. The first-order valence-corrected chi connectivity index (χ1v) is 19.4. The number of thioether (sulfide) groups is 1. The van der Waals surface area contributed by atoms with Gasteiger partial charge in [0, 0.05) is 30.7 Å². The van der Waals surface area contributed by atoms with Crippen LogP contribution in [0.4, 0.5) is 4.79 Å². The van der Waals surface area contributed by atoms with Gasteiger partial charge in [-0.25, -0.2) is 9.59 Å². The number of esters is 1. The fourth-order valence-corrected chi connectivity index (χ4v) is 7.43. The Morgan fingerprint density at radius 2 is 1.60 bits per heavy atom. The monoisotopic (exact) mass is 786 g/mol. The number of aromatic hydroxyl groups is 1. The Morgan fingerprint density at radius 1 is 0.860 bits per heavy atom. The largest absolute Gasteiger partial charge is 0.508 e. The molecule has 292 valence electrons. The van der Waals surface area contributed by atoms with Crippen molar-refractivity contribution in [1.29, 1.82) is 0 Å². The minimum Gasteiger partial charge on any atom is -0.508 e. The average molecular weight is 787 g/mol. The zero-order valence-corrected chi connectivity index (χ0v) is 31.9. The van der Waals surface area contributed by atoms with E-state index in [1.165, 1.54) is 18.9 Å². The smallest absolute Gasteiger partial charge is 0.328 e. The first-order valence-electron chi connectivity index (χ1n) is 18.4. The van der Waals surface area contributed by atoms with Crippen molar-refractivity contribution in [3.05, 3.63) is 155 Å². The number of amides is 2. The zero-order chi connectivity index (χ0) is 39.6. The van der Waals surface area contributed by atoms with E-state index in [0.717, 1.165) is 44.6 Å². The van der Waals surface area contributed by atoms with E-state index in [1.807, 2.05) is 103 Å². The van der Waals surface area contributed by atoms with Crippen molar-refractivity contribution < 1.29 is 34.0 Å². The van der Waals surface area contributed by atoms with Crippen molar-refractivity contribution in [2.45, 2.75) is 55.7 Å². The van der Waals surface area contributed by atoms with Crippen LogP contribution in [0.25, 0.3) is 16.8 Å². The van der Waals surface area contributed by atoms with Crippen LogP contribution in [0, 0.1) is 0 Å². The number of hydrogen-bond acceptors (Lipinski definition) is 11. The Labute approximate surface area is 334 Å². The van der Waals surface area contributed by atoms with Gasteiger partial charge in [-0.2, -0.15) is 4.68 Å². The molecule has 0 radical (unpaired) electrons. The standard InChI is InChI=1S/C43H42N6O7S/c1-54-40(52)38(22-28-7-3-2-4-8-28)45-42(53)44-25-30-9-5-10-32(21-30)33-11-6-12-34(23-33)41-55-37(24-39(56-41)31-15-13-29(26-50)14-16-31)27-57-43-46-47-48-49(43)35-17-19-36(51)20-18-35/h2-21,23,37-39,41,50-51H,22,24-27H2,1H3,(H2,44,45,53). The maximum absolute atomic E-state index is 12.9. The highest BCUT2D eigenvalue weighted by Crippen LogP contribution is 2.40. The van der Waals surface area contributed by atoms with Crippen LogP contribution in [-0.2, 0) is 38.6 Å². The number of tetrazole rings is 1. The molecule has 2 amide bonds. The van der Waals surface area contributed by atoms with E-state index in [2.05, 4.69) is 26.2 Å². The number of nitrogens with one attached hydrogen (secondary N) is 2. The number of hydrogen-bond donors (Lipinski definition) is 4. The molecule has 2 heterocycles. The maximum atomic E-state index is 12.9. The molecule has 4 atom stereocenters. The van der Waals surface area contributed by atoms with Gasteiger partial charge in [-0.3, -0.25) is 0 Å². The first-order chi connectivity index (χ1) is 27.8. The number of carbonyl (C=O) groups is 2. The van der Waals surface area contributed by atoms with E-state index in [0.29, 0.717) is 23.8 Å². The Morgan fingerprint density at radius 3 is 2.35 bits per heavy atom. The van der Waals surface area contributed by atoms with Gasteiger partial charge in [-0.1, -0.05) is 103 Å². The van der Waals surface area contributed by atoms with Gasteiger partial charge in [0.25, 0.3) is 0 Å². The van der Waals surface area contributed by atoms with Gasteiger partial charge in [0.05, 0.1) is 31.6 Å². The number of carbonyl (C=O) groups excluding carboxylic acids is 2. The molecule has 6 aromatic rings. The number of ether oxygens (including phenoxy) is 3. The predicted octanol–water partition coefficient (Wildman–Crippen LogP) is 6.45. The van der Waals surface area contributed by atoms with Crippen molar-refractivity contribution in [2.24, 2.45) is 0 Å². The molecule has 57 heavy (non-hydrogen) atoms. The molecule has 1 aromatic heterocycles. The number of phenolic OH excluding ortho intramolecular Hbond substituents is 1. The van der Waals surface area contributed by atoms with Crippen LogP contribution in [0.3, 0.4) is 0 Å². The number of rotatable bonds is 14. The van der Waals surface area contributed by atoms with Gasteiger partial charge in [0.15, 0.2) is 6.29 Å². The van der Waals surface area contributed by atoms with Crippen LogP contribution < -0.4 is 10.6 Å². The molecule has 4 unspecified atom stereocenters. The molecule has 14 heteroatoms. The Bertz CT molecular complexity index is 2260. The number of phenols is 1. The van der Waals surface area contributed by atoms with Gasteiger partial charge >= 0.3 is 12.0 Å². The number of methoxy groups -OCH3 is 1. The van der Waals surface area contributed by atoms with Crippen molar-refractivity contribution in [1.82, 2.24) is 30.8 Å². The molecule has 1 aliphatic heterocycles. The second-order valence-electron chi connectivity index (χ2n) is 13.5. The molecular weight excluding hydrogens is 745 g/mol. The van der Waals surface area contributed by atoms with Crippen molar-refractivity contribution in [3.8, 4) is 22.6 Å². The summed E-state index contributed by atoms with van der Waals surface area (Å²) in [5, 5.41) is 37.8. The van der Waals surface area contributed by atoms with Gasteiger partial charge in [-0.05, 0) is 80.2 Å². The summed E-state index contributed by atoms with van der Waals surface area (Å²) in [6, 6.07) is 38.4. The fourth-order valence-electron chi connectivity index (χ4n) is 6.52. The SMILES string of the molecule is COC(=O)C(Cc1ccccc1)NC(=O)NCc1cccc(-c2cccc(C3OC(CSc4nnnn4-c4ccc(O)cc4)CC(c4ccc(CO)cc4)O3)c2)c1. The third-order valence-electron chi connectivity index (χ3n) is 9.49. The van der Waals surface area contributed by atoms with Crippen LogP contribution >= 0.6 is 11.8 Å². The normalized spacial score (nSPS) is 17.1. The lowest BCUT2D eigenvalue weighted by atomic mass is 9.99. The summed E-state index contributed by atoms with van der Waals surface area (Å²) in [7, 11) is 1.30. The summed E-state index contributed by atoms with van der Waals surface area (Å²) in [6.45, 7) is 0.188. The third kappa shape index (κ3) is 10.2. The highest BCUT2D eigenvalue weighted by molar-refractivity contribution is 7.99.